The van der Waals surface area contributed by atoms with Gasteiger partial charge in [0, 0.05) is 17.6 Å². The van der Waals surface area contributed by atoms with Crippen molar-refractivity contribution in [3.8, 4) is 0 Å². The average Bonchev–Trinajstić information content (AvgIpc) is 2.82. The Kier molecular flexibility index (Phi) is 4.18. The number of hydrogen-bond donors (Lipinski definition) is 0. The second-order valence-corrected chi connectivity index (χ2v) is 7.98. The number of ether oxygens (including phenoxy) is 1. The molecule has 24 heavy (non-hydrogen) atoms. The fourth-order valence-corrected chi connectivity index (χ4v) is 4.30. The van der Waals surface area contributed by atoms with Crippen LogP contribution in [-0.2, 0) is 16.0 Å². The van der Waals surface area contributed by atoms with Gasteiger partial charge in [0.25, 0.3) is 0 Å². The molecule has 0 bridgehead atoms. The number of hydrogen-bond acceptors (Lipinski definition) is 4. The molecule has 2 aliphatic rings. The van der Waals surface area contributed by atoms with Crippen LogP contribution in [0, 0.1) is 24.2 Å². The lowest BCUT2D eigenvalue weighted by molar-refractivity contribution is -0.149. The van der Waals surface area contributed by atoms with Gasteiger partial charge in [0.05, 0.1) is 6.26 Å². The van der Waals surface area contributed by atoms with Crippen LogP contribution in [-0.4, -0.2) is 17.9 Å². The Hall–Kier alpha value is -1.84. The van der Waals surface area contributed by atoms with Crippen molar-refractivity contribution in [3.05, 3.63) is 34.8 Å². The number of carbonyl (C=O) groups excluding carboxylic acids is 2. The van der Waals surface area contributed by atoms with Gasteiger partial charge in [0.1, 0.15) is 6.10 Å². The normalized spacial score (nSPS) is 31.9. The van der Waals surface area contributed by atoms with Gasteiger partial charge in [-0.3, -0.25) is 4.79 Å². The molecule has 0 radical (unpaired) electrons. The van der Waals surface area contributed by atoms with E-state index in [1.54, 1.807) is 6.26 Å². The van der Waals surface area contributed by atoms with E-state index in [0.29, 0.717) is 18.1 Å². The molecule has 4 atom stereocenters. The van der Waals surface area contributed by atoms with Crippen molar-refractivity contribution in [2.75, 3.05) is 0 Å². The molecule has 0 saturated heterocycles. The minimum Gasteiger partial charge on any atom is -0.461 e. The number of rotatable bonds is 2. The summed E-state index contributed by atoms with van der Waals surface area (Å²) in [7, 11) is 0. The van der Waals surface area contributed by atoms with Gasteiger partial charge in [0.15, 0.2) is 5.76 Å². The Morgan fingerprint density at radius 2 is 2.08 bits per heavy atom. The lowest BCUT2D eigenvalue weighted by Crippen LogP contribution is -2.50. The average molecular weight is 330 g/mol. The quantitative estimate of drug-likeness (QED) is 0.600. The predicted octanol–water partition coefficient (Wildman–Crippen LogP) is 4.26. The molecule has 0 amide bonds. The fraction of sp³-hybridized carbons (Fsp3) is 0.600. The lowest BCUT2D eigenvalue weighted by atomic mass is 9.54. The van der Waals surface area contributed by atoms with Crippen LogP contribution in [0.25, 0.3) is 0 Å². The molecule has 0 unspecified atom stereocenters. The van der Waals surface area contributed by atoms with Gasteiger partial charge in [-0.2, -0.15) is 0 Å². The molecule has 1 aromatic heterocycles. The minimum absolute atomic E-state index is 0.0710. The molecule has 1 saturated carbocycles. The van der Waals surface area contributed by atoms with E-state index < -0.39 is 0 Å². The van der Waals surface area contributed by atoms with Gasteiger partial charge in [-0.1, -0.05) is 19.4 Å². The zero-order valence-electron chi connectivity index (χ0n) is 15.1. The molecule has 4 heteroatoms. The highest BCUT2D eigenvalue weighted by Gasteiger charge is 2.53. The van der Waals surface area contributed by atoms with Crippen molar-refractivity contribution in [1.82, 2.24) is 0 Å². The Balaban J connectivity index is 1.86. The van der Waals surface area contributed by atoms with Crippen molar-refractivity contribution in [2.45, 2.75) is 60.0 Å². The maximum Gasteiger partial charge on any atom is 0.330 e. The molecule has 0 N–H and O–H groups in total. The molecule has 1 fully saturated rings. The zero-order chi connectivity index (χ0) is 17.6. The van der Waals surface area contributed by atoms with Crippen molar-refractivity contribution in [1.29, 1.82) is 0 Å². The largest absolute Gasteiger partial charge is 0.461 e. The van der Waals surface area contributed by atoms with Gasteiger partial charge >= 0.3 is 5.97 Å². The minimum atomic E-state index is -0.311. The number of carbonyl (C=O) groups is 2. The van der Waals surface area contributed by atoms with E-state index in [-0.39, 0.29) is 29.2 Å². The van der Waals surface area contributed by atoms with E-state index in [2.05, 4.69) is 13.8 Å². The molecule has 1 heterocycles. The first-order chi connectivity index (χ1) is 11.2. The molecule has 0 spiro atoms. The summed E-state index contributed by atoms with van der Waals surface area (Å²) in [5, 5.41) is 0. The molecular formula is C20H26O4. The molecular weight excluding hydrogens is 304 g/mol. The van der Waals surface area contributed by atoms with Crippen molar-refractivity contribution in [2.24, 2.45) is 17.3 Å². The van der Waals surface area contributed by atoms with E-state index >= 15 is 0 Å². The summed E-state index contributed by atoms with van der Waals surface area (Å²) in [6.07, 6.45) is 5.23. The molecule has 0 aromatic carbocycles. The highest BCUT2D eigenvalue weighted by Crippen LogP contribution is 2.53. The number of Topliss-reactive ketones (excluding diaryl/α,β-unsaturated/α-hetero) is 1. The third-order valence-electron chi connectivity index (χ3n) is 5.93. The third-order valence-corrected chi connectivity index (χ3v) is 5.93. The van der Waals surface area contributed by atoms with Gasteiger partial charge in [-0.05, 0) is 56.9 Å². The fourth-order valence-electron chi connectivity index (χ4n) is 4.30. The number of ketones is 1. The summed E-state index contributed by atoms with van der Waals surface area (Å²) < 4.78 is 11.1. The van der Waals surface area contributed by atoms with Crippen LogP contribution in [0.1, 0.15) is 62.2 Å². The SMILES string of the molecule is CC(C)=CC(=O)O[C@H]1C[C@@H]2C(=O)c3occ(C)c3C[C@]2(C)[C@@H](C)C1. The first kappa shape index (κ1) is 17.0. The van der Waals surface area contributed by atoms with Crippen molar-refractivity contribution >= 4 is 11.8 Å². The Labute approximate surface area is 143 Å². The van der Waals surface area contributed by atoms with Crippen LogP contribution in [0.15, 0.2) is 22.3 Å². The molecule has 4 nitrogen and oxygen atoms in total. The van der Waals surface area contributed by atoms with Gasteiger partial charge in [-0.25, -0.2) is 4.79 Å². The number of aryl methyl sites for hydroxylation is 1. The standard InChI is InChI=1S/C20H26O4/c1-11(2)6-17(21)24-14-7-13(4)20(5)9-15-12(3)10-23-19(15)18(22)16(20)8-14/h6,10,13-14,16H,7-9H2,1-5H3/t13-,14+,16+,20+/m0/s1. The van der Waals surface area contributed by atoms with Gasteiger partial charge in [-0.15, -0.1) is 0 Å². The number of esters is 1. The summed E-state index contributed by atoms with van der Waals surface area (Å²) in [5.41, 5.74) is 2.93. The van der Waals surface area contributed by atoms with Gasteiger partial charge in [0.2, 0.25) is 5.78 Å². The van der Waals surface area contributed by atoms with E-state index in [1.807, 2.05) is 20.8 Å². The monoisotopic (exact) mass is 330 g/mol. The predicted molar refractivity (Wildman–Crippen MR) is 90.8 cm³/mol. The molecule has 3 rings (SSSR count). The zero-order valence-corrected chi connectivity index (χ0v) is 15.1. The summed E-state index contributed by atoms with van der Waals surface area (Å²) >= 11 is 0. The van der Waals surface area contributed by atoms with Crippen LogP contribution in [0.4, 0.5) is 0 Å². The van der Waals surface area contributed by atoms with Crippen LogP contribution in [0.3, 0.4) is 0 Å². The summed E-state index contributed by atoms with van der Waals surface area (Å²) in [4.78, 5) is 24.9. The van der Waals surface area contributed by atoms with Crippen LogP contribution < -0.4 is 0 Å². The highest BCUT2D eigenvalue weighted by molar-refractivity contribution is 5.99. The Morgan fingerprint density at radius 1 is 1.38 bits per heavy atom. The van der Waals surface area contributed by atoms with Crippen molar-refractivity contribution < 1.29 is 18.7 Å². The molecule has 130 valence electrons. The number of furan rings is 1. The molecule has 1 aromatic rings. The summed E-state index contributed by atoms with van der Waals surface area (Å²) in [6.45, 7) is 10.1. The first-order valence-electron chi connectivity index (χ1n) is 8.69. The van der Waals surface area contributed by atoms with Crippen LogP contribution in [0.5, 0.6) is 0 Å². The lowest BCUT2D eigenvalue weighted by Gasteiger charge is -2.49. The van der Waals surface area contributed by atoms with E-state index in [4.69, 9.17) is 9.15 Å². The first-order valence-corrected chi connectivity index (χ1v) is 8.69. The molecule has 0 aliphatic heterocycles. The third kappa shape index (κ3) is 2.72. The van der Waals surface area contributed by atoms with Crippen LogP contribution >= 0.6 is 0 Å². The number of fused-ring (bicyclic) bond motifs is 2. The summed E-state index contributed by atoms with van der Waals surface area (Å²) in [6, 6.07) is 0. The van der Waals surface area contributed by atoms with E-state index in [1.165, 1.54) is 6.08 Å². The second-order valence-electron chi connectivity index (χ2n) is 7.98. The Bertz CT molecular complexity index is 707. The van der Waals surface area contributed by atoms with E-state index in [0.717, 1.165) is 29.5 Å². The smallest absolute Gasteiger partial charge is 0.330 e. The van der Waals surface area contributed by atoms with Gasteiger partial charge < -0.3 is 9.15 Å². The second kappa shape index (κ2) is 5.91. The van der Waals surface area contributed by atoms with Crippen LogP contribution in [0.2, 0.25) is 0 Å². The topological polar surface area (TPSA) is 56.5 Å². The molecule has 2 aliphatic carbocycles. The summed E-state index contributed by atoms with van der Waals surface area (Å²) in [5.74, 6) is 0.421. The maximum absolute atomic E-state index is 13.0. The highest BCUT2D eigenvalue weighted by atomic mass is 16.5. The number of allylic oxidation sites excluding steroid dienone is 1. The van der Waals surface area contributed by atoms with Crippen molar-refractivity contribution in [3.63, 3.8) is 0 Å². The Morgan fingerprint density at radius 3 is 2.75 bits per heavy atom. The van der Waals surface area contributed by atoms with E-state index in [9.17, 15) is 9.59 Å². The maximum atomic E-state index is 13.0.